The van der Waals surface area contributed by atoms with Crippen molar-refractivity contribution in [2.45, 2.75) is 63.8 Å². The zero-order valence-corrected chi connectivity index (χ0v) is 11.6. The molecule has 0 radical (unpaired) electrons. The van der Waals surface area contributed by atoms with Crippen molar-refractivity contribution in [1.82, 2.24) is 5.32 Å². The molecular weight excluding hydrogens is 262 g/mol. The van der Waals surface area contributed by atoms with Gasteiger partial charge in [-0.3, -0.25) is 9.59 Å². The number of carboxylic acids is 2. The molecule has 1 aliphatic rings. The third kappa shape index (κ3) is 6.54. The van der Waals surface area contributed by atoms with Crippen LogP contribution >= 0.6 is 0 Å². The van der Waals surface area contributed by atoms with Crippen LogP contribution in [0.4, 0.5) is 0 Å². The Morgan fingerprint density at radius 3 is 2.30 bits per heavy atom. The van der Waals surface area contributed by atoms with E-state index in [1.54, 1.807) is 0 Å². The number of aliphatic carboxylic acids is 2. The Balaban J connectivity index is 2.23. The number of carboxylic acid groups (broad SMARTS) is 2. The molecule has 0 spiro atoms. The molecule has 1 fully saturated rings. The summed E-state index contributed by atoms with van der Waals surface area (Å²) >= 11 is 0. The molecule has 0 aliphatic heterocycles. The number of amides is 1. The van der Waals surface area contributed by atoms with Crippen molar-refractivity contribution >= 4 is 17.8 Å². The molecular formula is C14H23NO5. The van der Waals surface area contributed by atoms with Gasteiger partial charge in [0.2, 0.25) is 5.91 Å². The molecule has 1 saturated carbocycles. The fourth-order valence-electron chi connectivity index (χ4n) is 2.67. The molecule has 0 aromatic carbocycles. The van der Waals surface area contributed by atoms with Crippen LogP contribution in [0.1, 0.15) is 57.8 Å². The summed E-state index contributed by atoms with van der Waals surface area (Å²) in [6.45, 7) is 0. The molecule has 20 heavy (non-hydrogen) atoms. The van der Waals surface area contributed by atoms with Gasteiger partial charge in [-0.15, -0.1) is 0 Å². The van der Waals surface area contributed by atoms with Crippen molar-refractivity contribution in [3.8, 4) is 0 Å². The van der Waals surface area contributed by atoms with Gasteiger partial charge in [-0.25, -0.2) is 4.79 Å². The second-order valence-electron chi connectivity index (χ2n) is 5.45. The molecule has 0 unspecified atom stereocenters. The van der Waals surface area contributed by atoms with Crippen molar-refractivity contribution in [2.24, 2.45) is 5.92 Å². The number of carbonyl (C=O) groups excluding carboxylic acids is 1. The molecule has 0 heterocycles. The molecule has 1 amide bonds. The van der Waals surface area contributed by atoms with Crippen molar-refractivity contribution in [2.75, 3.05) is 0 Å². The van der Waals surface area contributed by atoms with Gasteiger partial charge in [0.25, 0.3) is 0 Å². The Morgan fingerprint density at radius 2 is 1.75 bits per heavy atom. The van der Waals surface area contributed by atoms with E-state index in [0.717, 1.165) is 12.8 Å². The second-order valence-corrected chi connectivity index (χ2v) is 5.45. The summed E-state index contributed by atoms with van der Waals surface area (Å²) < 4.78 is 0. The minimum atomic E-state index is -1.34. The predicted molar refractivity (Wildman–Crippen MR) is 72.2 cm³/mol. The normalized spacial score (nSPS) is 17.4. The number of hydrogen-bond donors (Lipinski definition) is 3. The smallest absolute Gasteiger partial charge is 0.326 e. The predicted octanol–water partition coefficient (Wildman–Crippen LogP) is 1.78. The van der Waals surface area contributed by atoms with Gasteiger partial charge in [0.1, 0.15) is 6.04 Å². The van der Waals surface area contributed by atoms with E-state index in [9.17, 15) is 14.4 Å². The number of rotatable bonds is 8. The van der Waals surface area contributed by atoms with Gasteiger partial charge >= 0.3 is 11.9 Å². The quantitative estimate of drug-likeness (QED) is 0.630. The monoisotopic (exact) mass is 285 g/mol. The van der Waals surface area contributed by atoms with Gasteiger partial charge in [0, 0.05) is 6.42 Å². The fraction of sp³-hybridized carbons (Fsp3) is 0.786. The second kappa shape index (κ2) is 8.55. The van der Waals surface area contributed by atoms with Gasteiger partial charge in [-0.2, -0.15) is 0 Å². The van der Waals surface area contributed by atoms with Gasteiger partial charge in [0.05, 0.1) is 6.42 Å². The number of hydrogen-bond acceptors (Lipinski definition) is 3. The van der Waals surface area contributed by atoms with Crippen LogP contribution in [0.3, 0.4) is 0 Å². The summed E-state index contributed by atoms with van der Waals surface area (Å²) in [7, 11) is 0. The van der Waals surface area contributed by atoms with Crippen LogP contribution in [-0.4, -0.2) is 34.1 Å². The summed E-state index contributed by atoms with van der Waals surface area (Å²) in [5, 5.41) is 19.7. The highest BCUT2D eigenvalue weighted by Crippen LogP contribution is 2.27. The molecule has 1 rings (SSSR count). The molecule has 6 heteroatoms. The standard InChI is InChI=1S/C14H23NO5/c16-12(15-11(14(19)20)9-13(17)18)8-4-7-10-5-2-1-3-6-10/h10-11H,1-9H2,(H,15,16)(H,17,18)(H,19,20)/t11-/m0/s1. The molecule has 6 nitrogen and oxygen atoms in total. The zero-order valence-electron chi connectivity index (χ0n) is 11.6. The Bertz CT molecular complexity index is 349. The Hall–Kier alpha value is -1.59. The lowest BCUT2D eigenvalue weighted by atomic mass is 9.86. The lowest BCUT2D eigenvalue weighted by Gasteiger charge is -2.21. The van der Waals surface area contributed by atoms with E-state index in [4.69, 9.17) is 10.2 Å². The van der Waals surface area contributed by atoms with Gasteiger partial charge < -0.3 is 15.5 Å². The van der Waals surface area contributed by atoms with Crippen LogP contribution < -0.4 is 5.32 Å². The Kier molecular flexibility index (Phi) is 7.04. The first-order chi connectivity index (χ1) is 9.49. The molecule has 3 N–H and O–H groups in total. The minimum absolute atomic E-state index is 0.264. The van der Waals surface area contributed by atoms with E-state index < -0.39 is 24.4 Å². The first-order valence-corrected chi connectivity index (χ1v) is 7.23. The van der Waals surface area contributed by atoms with Crippen LogP contribution in [0.25, 0.3) is 0 Å². The number of carbonyl (C=O) groups is 3. The van der Waals surface area contributed by atoms with Crippen LogP contribution in [0.2, 0.25) is 0 Å². The summed E-state index contributed by atoms with van der Waals surface area (Å²) in [6.07, 6.45) is 7.65. The zero-order chi connectivity index (χ0) is 15.0. The molecule has 1 aliphatic carbocycles. The van der Waals surface area contributed by atoms with Crippen molar-refractivity contribution in [1.29, 1.82) is 0 Å². The maximum Gasteiger partial charge on any atom is 0.326 e. The molecule has 0 bridgehead atoms. The van der Waals surface area contributed by atoms with E-state index >= 15 is 0 Å². The van der Waals surface area contributed by atoms with Crippen LogP contribution in [0, 0.1) is 5.92 Å². The highest BCUT2D eigenvalue weighted by Gasteiger charge is 2.23. The largest absolute Gasteiger partial charge is 0.481 e. The lowest BCUT2D eigenvalue weighted by molar-refractivity contribution is -0.147. The van der Waals surface area contributed by atoms with Crippen LogP contribution in [0.15, 0.2) is 0 Å². The van der Waals surface area contributed by atoms with E-state index in [2.05, 4.69) is 5.32 Å². The molecule has 114 valence electrons. The summed E-state index contributed by atoms with van der Waals surface area (Å²) in [5.74, 6) is -2.24. The Labute approximate surface area is 118 Å². The van der Waals surface area contributed by atoms with Gasteiger partial charge in [-0.1, -0.05) is 32.1 Å². The summed E-state index contributed by atoms with van der Waals surface area (Å²) in [6, 6.07) is -1.34. The number of nitrogens with one attached hydrogen (secondary N) is 1. The van der Waals surface area contributed by atoms with E-state index in [-0.39, 0.29) is 12.3 Å². The lowest BCUT2D eigenvalue weighted by Crippen LogP contribution is -2.42. The third-order valence-corrected chi connectivity index (χ3v) is 3.75. The summed E-state index contributed by atoms with van der Waals surface area (Å²) in [4.78, 5) is 32.9. The third-order valence-electron chi connectivity index (χ3n) is 3.75. The first kappa shape index (κ1) is 16.5. The maximum atomic E-state index is 11.6. The van der Waals surface area contributed by atoms with Gasteiger partial charge in [-0.05, 0) is 18.8 Å². The Morgan fingerprint density at radius 1 is 1.10 bits per heavy atom. The average molecular weight is 285 g/mol. The maximum absolute atomic E-state index is 11.6. The van der Waals surface area contributed by atoms with Crippen molar-refractivity contribution in [3.63, 3.8) is 0 Å². The highest BCUT2D eigenvalue weighted by molar-refractivity contribution is 5.86. The van der Waals surface area contributed by atoms with Crippen molar-refractivity contribution in [3.05, 3.63) is 0 Å². The molecule has 0 aromatic rings. The molecule has 0 aromatic heterocycles. The van der Waals surface area contributed by atoms with E-state index in [1.807, 2.05) is 0 Å². The average Bonchev–Trinajstić information content (AvgIpc) is 2.38. The minimum Gasteiger partial charge on any atom is -0.481 e. The molecule has 0 saturated heterocycles. The van der Waals surface area contributed by atoms with Crippen LogP contribution in [-0.2, 0) is 14.4 Å². The van der Waals surface area contributed by atoms with E-state index in [1.165, 1.54) is 32.1 Å². The summed E-state index contributed by atoms with van der Waals surface area (Å²) in [5.41, 5.74) is 0. The molecule has 1 atom stereocenters. The topological polar surface area (TPSA) is 104 Å². The van der Waals surface area contributed by atoms with E-state index in [0.29, 0.717) is 5.92 Å². The highest BCUT2D eigenvalue weighted by atomic mass is 16.4. The van der Waals surface area contributed by atoms with Crippen LogP contribution in [0.5, 0.6) is 0 Å². The SMILES string of the molecule is O=C(O)C[C@H](NC(=O)CCCC1CCCCC1)C(=O)O. The first-order valence-electron chi connectivity index (χ1n) is 7.23. The van der Waals surface area contributed by atoms with Gasteiger partial charge in [0.15, 0.2) is 0 Å². The fourth-order valence-corrected chi connectivity index (χ4v) is 2.67. The van der Waals surface area contributed by atoms with Crippen molar-refractivity contribution < 1.29 is 24.6 Å².